The number of rotatable bonds is 10. The second-order valence-corrected chi connectivity index (χ2v) is 17.2. The Morgan fingerprint density at radius 3 is 2.56 bits per heavy atom. The smallest absolute Gasteiger partial charge is 0.335 e. The molecule has 54 heavy (non-hydrogen) atoms. The number of phenols is 1. The van der Waals surface area contributed by atoms with Crippen LogP contribution in [-0.4, -0.2) is 111 Å². The maximum absolute atomic E-state index is 13.5. The van der Waals surface area contributed by atoms with E-state index in [0.717, 1.165) is 17.7 Å². The third-order valence-corrected chi connectivity index (χ3v) is 13.8. The molecular formula is C40H50O12S2. The molecule has 3 fully saturated rings. The van der Waals surface area contributed by atoms with Crippen LogP contribution in [0.25, 0.3) is 10.8 Å². The van der Waals surface area contributed by atoms with Gasteiger partial charge in [-0.2, -0.15) is 0 Å². The number of carboxylic acid groups (broad SMARTS) is 1. The number of phenolic OH excluding ortho intramolecular Hbond substituents is 1. The van der Waals surface area contributed by atoms with Crippen LogP contribution in [-0.2, 0) is 20.6 Å². The van der Waals surface area contributed by atoms with Gasteiger partial charge in [-0.05, 0) is 79.5 Å². The molecule has 0 radical (unpaired) electrons. The van der Waals surface area contributed by atoms with Crippen LogP contribution in [0.4, 0.5) is 0 Å². The highest BCUT2D eigenvalue weighted by molar-refractivity contribution is 8.76. The molecule has 3 aromatic carbocycles. The van der Waals surface area contributed by atoms with Crippen LogP contribution in [0.5, 0.6) is 11.5 Å². The Bertz CT molecular complexity index is 1780. The number of Topliss-reactive ketones (excluding diaryl/α,β-unsaturated/α-hetero) is 1. The number of hydrogen-bond acceptors (Lipinski definition) is 13. The minimum absolute atomic E-state index is 0.0380. The zero-order valence-electron chi connectivity index (χ0n) is 30.5. The van der Waals surface area contributed by atoms with Crippen LogP contribution in [0.15, 0.2) is 48.5 Å². The number of carbonyl (C=O) groups excluding carboxylic acids is 1. The fourth-order valence-electron chi connectivity index (χ4n) is 8.65. The summed E-state index contributed by atoms with van der Waals surface area (Å²) >= 11 is 0. The van der Waals surface area contributed by atoms with Gasteiger partial charge in [0.15, 0.2) is 5.78 Å². The van der Waals surface area contributed by atoms with E-state index in [2.05, 4.69) is 6.92 Å². The average molecular weight is 787 g/mol. The predicted molar refractivity (Wildman–Crippen MR) is 205 cm³/mol. The van der Waals surface area contributed by atoms with Crippen molar-refractivity contribution in [1.29, 1.82) is 0 Å². The van der Waals surface area contributed by atoms with Crippen LogP contribution in [0.2, 0.25) is 0 Å². The van der Waals surface area contributed by atoms with Crippen LogP contribution in [0, 0.1) is 24.2 Å². The molecule has 0 unspecified atom stereocenters. The maximum Gasteiger partial charge on any atom is 0.335 e. The van der Waals surface area contributed by atoms with E-state index in [-0.39, 0.29) is 76.1 Å². The SMILES string of the molecule is Cc1cc2cc(C(=O)O)cc(O[C@H]3O[C@H](CO)[C@@]4(CC[C@H](C)[C@H]5CCOC[C@]5(CCO)CSSCO4)[C@H](O)[C@H]3O)c2c(O)c1C(=O)CCc1ccccc1. The Kier molecular flexibility index (Phi) is 13.2. The lowest BCUT2D eigenvalue weighted by molar-refractivity contribution is -0.322. The van der Waals surface area contributed by atoms with Gasteiger partial charge in [-0.1, -0.05) is 64.9 Å². The van der Waals surface area contributed by atoms with Gasteiger partial charge in [-0.15, -0.1) is 0 Å². The molecule has 0 aliphatic carbocycles. The molecule has 3 aliphatic heterocycles. The van der Waals surface area contributed by atoms with Crippen LogP contribution in [0.1, 0.15) is 70.9 Å². The number of carboxylic acids is 1. The van der Waals surface area contributed by atoms with Crippen molar-refractivity contribution < 1.29 is 59.2 Å². The molecule has 3 saturated heterocycles. The molecule has 6 rings (SSSR count). The summed E-state index contributed by atoms with van der Waals surface area (Å²) in [5.74, 6) is -1.01. The van der Waals surface area contributed by atoms with Gasteiger partial charge >= 0.3 is 5.97 Å². The van der Waals surface area contributed by atoms with Crippen molar-refractivity contribution in [3.8, 4) is 11.5 Å². The Balaban J connectivity index is 1.30. The summed E-state index contributed by atoms with van der Waals surface area (Å²) in [6.45, 7) is 4.39. The zero-order chi connectivity index (χ0) is 38.6. The summed E-state index contributed by atoms with van der Waals surface area (Å²) in [6, 6.07) is 13.6. The van der Waals surface area contributed by atoms with Gasteiger partial charge in [0, 0.05) is 30.8 Å². The fourth-order valence-corrected chi connectivity index (χ4v) is 11.1. The molecule has 1 spiro atoms. The third kappa shape index (κ3) is 8.14. The number of ether oxygens (including phenoxy) is 4. The highest BCUT2D eigenvalue weighted by atomic mass is 33.1. The zero-order valence-corrected chi connectivity index (χ0v) is 32.2. The van der Waals surface area contributed by atoms with Crippen molar-refractivity contribution in [2.75, 3.05) is 38.1 Å². The van der Waals surface area contributed by atoms with Gasteiger partial charge in [0.05, 0.1) is 29.7 Å². The molecule has 3 heterocycles. The summed E-state index contributed by atoms with van der Waals surface area (Å²) in [6.07, 6.45) is -3.38. The standard InChI is InChI=1S/C40H50O12S2/c1-23-10-12-40(50-22-54-53-21-39(13-14-41)20-49-15-11-28(23)39)31(19-42)52-38(35(45)36(40)46)51-30-18-27(37(47)48)17-26-16-24(2)32(34(44)33(26)30)29(43)9-8-25-6-4-3-5-7-25/h3-7,16-18,23,28,31,35-36,38,41-42,44-46H,8-15,19-22H2,1-2H3,(H,47,48)/t23-,28+,31+,35+,36+,38-,39+,40-/m0/s1. The summed E-state index contributed by atoms with van der Waals surface area (Å²) < 4.78 is 24.7. The van der Waals surface area contributed by atoms with E-state index in [1.165, 1.54) is 22.9 Å². The number of fused-ring (bicyclic) bond motifs is 2. The first-order valence-corrected chi connectivity index (χ1v) is 20.9. The largest absolute Gasteiger partial charge is 0.506 e. The van der Waals surface area contributed by atoms with Gasteiger partial charge in [-0.3, -0.25) is 4.79 Å². The number of benzene rings is 3. The number of ketones is 1. The van der Waals surface area contributed by atoms with Crippen molar-refractivity contribution in [2.24, 2.45) is 17.3 Å². The Hall–Kier alpha value is -2.92. The van der Waals surface area contributed by atoms with Crippen LogP contribution >= 0.6 is 21.6 Å². The van der Waals surface area contributed by atoms with E-state index in [1.807, 2.05) is 30.3 Å². The molecule has 0 bridgehead atoms. The highest BCUT2D eigenvalue weighted by Gasteiger charge is 2.58. The third-order valence-electron chi connectivity index (χ3n) is 11.6. The fraction of sp³-hybridized carbons (Fsp3) is 0.550. The van der Waals surface area contributed by atoms with E-state index < -0.39 is 48.5 Å². The highest BCUT2D eigenvalue weighted by Crippen LogP contribution is 2.50. The van der Waals surface area contributed by atoms with Crippen molar-refractivity contribution in [3.63, 3.8) is 0 Å². The first-order chi connectivity index (χ1) is 25.9. The number of carbonyl (C=O) groups is 2. The van der Waals surface area contributed by atoms with Gasteiger partial charge in [-0.25, -0.2) is 4.79 Å². The predicted octanol–water partition coefficient (Wildman–Crippen LogP) is 5.11. The van der Waals surface area contributed by atoms with E-state index >= 15 is 0 Å². The second-order valence-electron chi connectivity index (χ2n) is 14.8. The Labute approximate surface area is 322 Å². The van der Waals surface area contributed by atoms with Gasteiger partial charge in [0.25, 0.3) is 0 Å². The van der Waals surface area contributed by atoms with E-state index in [1.54, 1.807) is 23.8 Å². The topological polar surface area (TPSA) is 192 Å². The molecule has 8 atom stereocenters. The molecular weight excluding hydrogens is 737 g/mol. The molecule has 3 aromatic rings. The first-order valence-electron chi connectivity index (χ1n) is 18.4. The lowest BCUT2D eigenvalue weighted by Gasteiger charge is -2.51. The Morgan fingerprint density at radius 2 is 1.83 bits per heavy atom. The minimum Gasteiger partial charge on any atom is -0.506 e. The van der Waals surface area contributed by atoms with Crippen molar-refractivity contribution in [3.05, 3.63) is 70.8 Å². The van der Waals surface area contributed by atoms with Crippen LogP contribution < -0.4 is 4.74 Å². The summed E-state index contributed by atoms with van der Waals surface area (Å²) in [7, 11) is 3.02. The number of aliphatic hydroxyl groups excluding tert-OH is 4. The molecule has 6 N–H and O–H groups in total. The molecule has 0 saturated carbocycles. The summed E-state index contributed by atoms with van der Waals surface area (Å²) in [4.78, 5) is 25.8. The molecule has 294 valence electrons. The maximum atomic E-state index is 13.5. The van der Waals surface area contributed by atoms with E-state index in [4.69, 9.17) is 18.9 Å². The van der Waals surface area contributed by atoms with Gasteiger partial charge < -0.3 is 49.6 Å². The molecule has 12 nitrogen and oxygen atoms in total. The quantitative estimate of drug-likeness (QED) is 0.117. The normalized spacial score (nSPS) is 30.7. The monoisotopic (exact) mass is 786 g/mol. The second kappa shape index (κ2) is 17.5. The molecule has 3 aliphatic rings. The lowest BCUT2D eigenvalue weighted by Crippen LogP contribution is -2.69. The van der Waals surface area contributed by atoms with Gasteiger partial charge in [0.1, 0.15) is 41.4 Å². The minimum atomic E-state index is -1.73. The number of aromatic hydroxyl groups is 1. The number of hydrogen-bond donors (Lipinski definition) is 6. The van der Waals surface area contributed by atoms with Crippen LogP contribution in [0.3, 0.4) is 0 Å². The van der Waals surface area contributed by atoms with E-state index in [9.17, 15) is 40.2 Å². The lowest BCUT2D eigenvalue weighted by atomic mass is 9.65. The van der Waals surface area contributed by atoms with Crippen molar-refractivity contribution in [1.82, 2.24) is 0 Å². The molecule has 0 amide bonds. The van der Waals surface area contributed by atoms with Gasteiger partial charge in [0.2, 0.25) is 6.29 Å². The molecule has 0 aromatic heterocycles. The average Bonchev–Trinajstić information content (AvgIpc) is 3.18. The number of aromatic carboxylic acids is 1. The number of aliphatic hydroxyl groups is 4. The first kappa shape index (κ1) is 40.7. The Morgan fingerprint density at radius 1 is 1.06 bits per heavy atom. The molecule has 14 heteroatoms. The summed E-state index contributed by atoms with van der Waals surface area (Å²) in [5.41, 5.74) is -0.484. The van der Waals surface area contributed by atoms with Crippen molar-refractivity contribution >= 4 is 44.1 Å². The summed E-state index contributed by atoms with van der Waals surface area (Å²) in [5, 5.41) is 66.3. The van der Waals surface area contributed by atoms with Crippen molar-refractivity contribution in [2.45, 2.75) is 82.6 Å². The number of aryl methyl sites for hydroxylation is 2. The van der Waals surface area contributed by atoms with E-state index in [0.29, 0.717) is 38.0 Å².